The van der Waals surface area contributed by atoms with Gasteiger partial charge in [0.1, 0.15) is 10.7 Å². The number of benzene rings is 1. The van der Waals surface area contributed by atoms with Gasteiger partial charge in [-0.05, 0) is 30.7 Å². The minimum Gasteiger partial charge on any atom is -0.400 e. The Morgan fingerprint density at radius 1 is 1.32 bits per heavy atom. The van der Waals surface area contributed by atoms with E-state index in [-0.39, 0.29) is 11.6 Å². The lowest BCUT2D eigenvalue weighted by Gasteiger charge is -2.05. The highest BCUT2D eigenvalue weighted by Gasteiger charge is 2.10. The molecule has 0 saturated heterocycles. The van der Waals surface area contributed by atoms with Crippen molar-refractivity contribution in [1.29, 1.82) is 0 Å². The van der Waals surface area contributed by atoms with E-state index in [9.17, 15) is 10.1 Å². The molecule has 0 unspecified atom stereocenters. The second kappa shape index (κ2) is 5.65. The van der Waals surface area contributed by atoms with Crippen molar-refractivity contribution >= 4 is 28.8 Å². The van der Waals surface area contributed by atoms with Gasteiger partial charge in [0.15, 0.2) is 5.76 Å². The van der Waals surface area contributed by atoms with E-state index < -0.39 is 4.92 Å². The van der Waals surface area contributed by atoms with Crippen molar-refractivity contribution in [2.75, 3.05) is 5.43 Å². The van der Waals surface area contributed by atoms with Crippen molar-refractivity contribution in [3.63, 3.8) is 0 Å². The van der Waals surface area contributed by atoms with Crippen molar-refractivity contribution in [2.45, 2.75) is 6.92 Å². The predicted molar refractivity (Wildman–Crippen MR) is 83.1 cm³/mol. The lowest BCUT2D eigenvalue weighted by atomic mass is 10.1. The molecular weight excluding hydrogens is 284 g/mol. The van der Waals surface area contributed by atoms with Crippen LogP contribution in [0.2, 0.25) is 0 Å². The van der Waals surface area contributed by atoms with E-state index in [1.54, 1.807) is 0 Å². The summed E-state index contributed by atoms with van der Waals surface area (Å²) >= 11 is 0. The molecule has 0 saturated carbocycles. The molecule has 2 heterocycles. The number of aromatic nitrogens is 1. The zero-order valence-electron chi connectivity index (χ0n) is 11.7. The summed E-state index contributed by atoms with van der Waals surface area (Å²) in [4.78, 5) is 14.4. The quantitative estimate of drug-likeness (QED) is 0.452. The number of nitro groups is 1. The van der Waals surface area contributed by atoms with E-state index in [1.165, 1.54) is 18.3 Å². The van der Waals surface area contributed by atoms with Gasteiger partial charge in [0.05, 0.1) is 17.8 Å². The molecule has 0 atom stereocenters. The van der Waals surface area contributed by atoms with Gasteiger partial charge in [-0.3, -0.25) is 15.5 Å². The second-order valence-electron chi connectivity index (χ2n) is 4.64. The van der Waals surface area contributed by atoms with Gasteiger partial charge in [-0.25, -0.2) is 4.98 Å². The van der Waals surface area contributed by atoms with Gasteiger partial charge in [-0.15, -0.1) is 0 Å². The Balaban J connectivity index is 1.78. The van der Waals surface area contributed by atoms with Crippen molar-refractivity contribution in [1.82, 2.24) is 4.98 Å². The van der Waals surface area contributed by atoms with E-state index in [1.807, 2.05) is 37.3 Å². The van der Waals surface area contributed by atoms with Crippen LogP contribution in [0.25, 0.3) is 10.9 Å². The van der Waals surface area contributed by atoms with Gasteiger partial charge >= 0.3 is 5.88 Å². The summed E-state index contributed by atoms with van der Waals surface area (Å²) in [5.41, 5.74) is 4.74. The number of hydrogen-bond donors (Lipinski definition) is 1. The highest BCUT2D eigenvalue weighted by Crippen LogP contribution is 2.19. The molecule has 0 fully saturated rings. The number of fused-ring (bicyclic) bond motifs is 1. The minimum atomic E-state index is -0.598. The van der Waals surface area contributed by atoms with Gasteiger partial charge in [0, 0.05) is 5.39 Å². The van der Waals surface area contributed by atoms with Crippen LogP contribution in [0.5, 0.6) is 0 Å². The maximum Gasteiger partial charge on any atom is 0.433 e. The van der Waals surface area contributed by atoms with Crippen molar-refractivity contribution in [3.8, 4) is 0 Å². The maximum atomic E-state index is 10.5. The summed E-state index contributed by atoms with van der Waals surface area (Å²) in [5.74, 6) is 0.561. The Morgan fingerprint density at radius 2 is 2.14 bits per heavy atom. The van der Waals surface area contributed by atoms with Crippen LogP contribution < -0.4 is 5.43 Å². The third kappa shape index (κ3) is 2.78. The molecule has 7 nitrogen and oxygen atoms in total. The molecule has 2 aromatic heterocycles. The Labute approximate surface area is 125 Å². The number of hydrogen-bond acceptors (Lipinski definition) is 6. The molecule has 0 aliphatic heterocycles. The lowest BCUT2D eigenvalue weighted by Crippen LogP contribution is -1.95. The number of nitrogens with one attached hydrogen (secondary N) is 1. The highest BCUT2D eigenvalue weighted by molar-refractivity contribution is 5.84. The van der Waals surface area contributed by atoms with Crippen LogP contribution in [0, 0.1) is 17.0 Å². The maximum absolute atomic E-state index is 10.5. The van der Waals surface area contributed by atoms with Gasteiger partial charge in [0.2, 0.25) is 0 Å². The standard InChI is InChI=1S/C15H12N4O3/c1-10-8-14(17-13-5-3-2-4-12(10)13)18-16-9-11-6-7-15(22-11)19(20)21/h2-9H,1H3,(H,17,18)/b16-9+. The van der Waals surface area contributed by atoms with E-state index >= 15 is 0 Å². The third-order valence-corrected chi connectivity index (χ3v) is 3.09. The van der Waals surface area contributed by atoms with Crippen LogP contribution >= 0.6 is 0 Å². The lowest BCUT2D eigenvalue weighted by molar-refractivity contribution is -0.402. The Morgan fingerprint density at radius 3 is 2.91 bits per heavy atom. The number of aryl methyl sites for hydroxylation is 1. The van der Waals surface area contributed by atoms with E-state index in [0.717, 1.165) is 16.5 Å². The van der Waals surface area contributed by atoms with E-state index in [4.69, 9.17) is 4.42 Å². The molecule has 7 heteroatoms. The number of nitrogens with zero attached hydrogens (tertiary/aromatic N) is 3. The fourth-order valence-corrected chi connectivity index (χ4v) is 2.08. The summed E-state index contributed by atoms with van der Waals surface area (Å²) in [6, 6.07) is 12.4. The number of rotatable bonds is 4. The number of furan rings is 1. The van der Waals surface area contributed by atoms with Gasteiger partial charge < -0.3 is 4.42 Å². The molecule has 1 N–H and O–H groups in total. The summed E-state index contributed by atoms with van der Waals surface area (Å²) in [7, 11) is 0. The smallest absolute Gasteiger partial charge is 0.400 e. The van der Waals surface area contributed by atoms with Crippen molar-refractivity contribution in [2.24, 2.45) is 5.10 Å². The molecule has 0 amide bonds. The van der Waals surface area contributed by atoms with Gasteiger partial charge in [-0.1, -0.05) is 18.2 Å². The molecule has 110 valence electrons. The molecule has 3 rings (SSSR count). The Hall–Kier alpha value is -3.22. The minimum absolute atomic E-state index is 0.289. The topological polar surface area (TPSA) is 93.6 Å². The normalized spacial score (nSPS) is 11.1. The van der Waals surface area contributed by atoms with Crippen LogP contribution in [0.3, 0.4) is 0 Å². The molecule has 0 aliphatic carbocycles. The van der Waals surface area contributed by atoms with Crippen LogP contribution in [0.1, 0.15) is 11.3 Å². The summed E-state index contributed by atoms with van der Waals surface area (Å²) in [6.45, 7) is 1.99. The second-order valence-corrected chi connectivity index (χ2v) is 4.64. The molecular formula is C15H12N4O3. The van der Waals surface area contributed by atoms with E-state index in [0.29, 0.717) is 5.82 Å². The first-order valence-electron chi connectivity index (χ1n) is 6.53. The third-order valence-electron chi connectivity index (χ3n) is 3.09. The Bertz CT molecular complexity index is 870. The highest BCUT2D eigenvalue weighted by atomic mass is 16.6. The van der Waals surface area contributed by atoms with Gasteiger partial charge in [-0.2, -0.15) is 5.10 Å². The fraction of sp³-hybridized carbons (Fsp3) is 0.0667. The van der Waals surface area contributed by atoms with Crippen LogP contribution in [-0.4, -0.2) is 16.1 Å². The summed E-state index contributed by atoms with van der Waals surface area (Å²) < 4.78 is 4.97. The molecule has 22 heavy (non-hydrogen) atoms. The van der Waals surface area contributed by atoms with Crippen molar-refractivity contribution < 1.29 is 9.34 Å². The molecule has 0 spiro atoms. The first-order valence-corrected chi connectivity index (χ1v) is 6.53. The number of anilines is 1. The zero-order chi connectivity index (χ0) is 15.5. The van der Waals surface area contributed by atoms with Gasteiger partial charge in [0.25, 0.3) is 0 Å². The monoisotopic (exact) mass is 296 g/mol. The largest absolute Gasteiger partial charge is 0.433 e. The molecule has 0 radical (unpaired) electrons. The average molecular weight is 296 g/mol. The SMILES string of the molecule is Cc1cc(N/N=C/c2ccc([N+](=O)[O-])o2)nc2ccccc12. The number of hydrazone groups is 1. The molecule has 3 aromatic rings. The molecule has 0 bridgehead atoms. The summed E-state index contributed by atoms with van der Waals surface area (Å²) in [5, 5.41) is 15.6. The van der Waals surface area contributed by atoms with Crippen molar-refractivity contribution in [3.05, 3.63) is 63.9 Å². The number of para-hydroxylation sites is 1. The molecule has 0 aliphatic rings. The first-order chi connectivity index (χ1) is 10.6. The predicted octanol–water partition coefficient (Wildman–Crippen LogP) is 3.49. The first kappa shape index (κ1) is 13.7. The van der Waals surface area contributed by atoms with E-state index in [2.05, 4.69) is 15.5 Å². The van der Waals surface area contributed by atoms with Crippen LogP contribution in [0.4, 0.5) is 11.7 Å². The zero-order valence-corrected chi connectivity index (χ0v) is 11.7. The van der Waals surface area contributed by atoms with Crippen LogP contribution in [-0.2, 0) is 0 Å². The Kier molecular flexibility index (Phi) is 3.53. The fourth-order valence-electron chi connectivity index (χ4n) is 2.08. The van der Waals surface area contributed by atoms with Crippen LogP contribution in [0.15, 0.2) is 52.0 Å². The number of pyridine rings is 1. The average Bonchev–Trinajstić information content (AvgIpc) is 2.96. The molecule has 1 aromatic carbocycles. The summed E-state index contributed by atoms with van der Waals surface area (Å²) in [6.07, 6.45) is 1.36.